The van der Waals surface area contributed by atoms with Gasteiger partial charge >= 0.3 is 0 Å². The van der Waals surface area contributed by atoms with Gasteiger partial charge in [0.25, 0.3) is 0 Å². The highest BCUT2D eigenvalue weighted by molar-refractivity contribution is 9.10. The zero-order valence-electron chi connectivity index (χ0n) is 12.6. The van der Waals surface area contributed by atoms with Gasteiger partial charge in [-0.1, -0.05) is 58.4 Å². The van der Waals surface area contributed by atoms with Crippen molar-refractivity contribution >= 4 is 38.4 Å². The quantitative estimate of drug-likeness (QED) is 0.443. The Kier molecular flexibility index (Phi) is 4.45. The van der Waals surface area contributed by atoms with Crippen LogP contribution in [0.4, 0.5) is 0 Å². The van der Waals surface area contributed by atoms with Crippen molar-refractivity contribution in [2.45, 2.75) is 0 Å². The molecule has 0 aromatic heterocycles. The lowest BCUT2D eigenvalue weighted by molar-refractivity contribution is 0.414. The van der Waals surface area contributed by atoms with Crippen LogP contribution in [0.1, 0.15) is 11.1 Å². The Bertz CT molecular complexity index is 921. The number of allylic oxidation sites excluding steroid dienone is 1. The lowest BCUT2D eigenvalue weighted by Crippen LogP contribution is -1.90. The molecule has 0 spiro atoms. The molecule has 112 valence electrons. The summed E-state index contributed by atoms with van der Waals surface area (Å²) in [6.07, 6.45) is 1.89. The molecule has 3 aromatic rings. The molecule has 0 atom stereocenters. The summed E-state index contributed by atoms with van der Waals surface area (Å²) in [6, 6.07) is 22.1. The predicted octanol–water partition coefficient (Wildman–Crippen LogP) is 5.68. The maximum atomic E-state index is 9.57. The largest absolute Gasteiger partial charge is 0.496 e. The predicted molar refractivity (Wildman–Crippen MR) is 98.1 cm³/mol. The Labute approximate surface area is 143 Å². The van der Waals surface area contributed by atoms with E-state index in [0.717, 1.165) is 32.1 Å². The summed E-state index contributed by atoms with van der Waals surface area (Å²) >= 11 is 3.42. The number of nitrogens with zero attached hydrogens (tertiary/aromatic N) is 1. The highest BCUT2D eigenvalue weighted by atomic mass is 79.9. The molecule has 0 radical (unpaired) electrons. The van der Waals surface area contributed by atoms with E-state index in [1.165, 1.54) is 0 Å². The molecule has 0 saturated heterocycles. The van der Waals surface area contributed by atoms with Gasteiger partial charge in [-0.05, 0) is 40.6 Å². The molecule has 0 aliphatic carbocycles. The molecule has 2 nitrogen and oxygen atoms in total. The third-order valence-corrected chi connectivity index (χ3v) is 4.24. The zero-order chi connectivity index (χ0) is 16.2. The SMILES string of the molecule is COc1ccc2ccccc2c1/C=C(\C#N)c1ccc(Br)cc1. The average molecular weight is 364 g/mol. The number of methoxy groups -OCH3 is 1. The van der Waals surface area contributed by atoms with Gasteiger partial charge in [-0.3, -0.25) is 0 Å². The van der Waals surface area contributed by atoms with Crippen molar-refractivity contribution in [1.29, 1.82) is 5.26 Å². The van der Waals surface area contributed by atoms with E-state index in [-0.39, 0.29) is 0 Å². The average Bonchev–Trinajstić information content (AvgIpc) is 2.60. The van der Waals surface area contributed by atoms with E-state index in [4.69, 9.17) is 4.74 Å². The van der Waals surface area contributed by atoms with Gasteiger partial charge in [0.05, 0.1) is 18.8 Å². The Hall–Kier alpha value is -2.57. The van der Waals surface area contributed by atoms with Crippen molar-refractivity contribution < 1.29 is 4.74 Å². The van der Waals surface area contributed by atoms with Crippen LogP contribution < -0.4 is 4.74 Å². The van der Waals surface area contributed by atoms with Crippen LogP contribution >= 0.6 is 15.9 Å². The molecule has 0 bridgehead atoms. The maximum absolute atomic E-state index is 9.57. The number of nitriles is 1. The number of hydrogen-bond donors (Lipinski definition) is 0. The first-order valence-electron chi connectivity index (χ1n) is 7.16. The van der Waals surface area contributed by atoms with Crippen molar-refractivity contribution in [3.05, 3.63) is 76.3 Å². The first kappa shape index (κ1) is 15.3. The summed E-state index contributed by atoms with van der Waals surface area (Å²) in [6.45, 7) is 0. The fourth-order valence-electron chi connectivity index (χ4n) is 2.56. The van der Waals surface area contributed by atoms with Crippen LogP contribution in [-0.4, -0.2) is 7.11 Å². The Morgan fingerprint density at radius 2 is 1.78 bits per heavy atom. The fourth-order valence-corrected chi connectivity index (χ4v) is 2.82. The molecule has 0 aliphatic rings. The summed E-state index contributed by atoms with van der Waals surface area (Å²) in [4.78, 5) is 0. The summed E-state index contributed by atoms with van der Waals surface area (Å²) in [7, 11) is 1.65. The molecule has 0 aliphatic heterocycles. The molecule has 0 amide bonds. The van der Waals surface area contributed by atoms with Crippen LogP contribution in [0.2, 0.25) is 0 Å². The van der Waals surface area contributed by atoms with E-state index >= 15 is 0 Å². The second kappa shape index (κ2) is 6.68. The van der Waals surface area contributed by atoms with Crippen molar-refractivity contribution in [1.82, 2.24) is 0 Å². The van der Waals surface area contributed by atoms with Crippen molar-refractivity contribution in [2.75, 3.05) is 7.11 Å². The third-order valence-electron chi connectivity index (χ3n) is 3.71. The summed E-state index contributed by atoms with van der Waals surface area (Å²) in [5.74, 6) is 0.758. The van der Waals surface area contributed by atoms with Crippen LogP contribution in [0.3, 0.4) is 0 Å². The molecule has 3 rings (SSSR count). The van der Waals surface area contributed by atoms with Crippen LogP contribution in [-0.2, 0) is 0 Å². The lowest BCUT2D eigenvalue weighted by Gasteiger charge is -2.10. The molecule has 0 unspecified atom stereocenters. The number of rotatable bonds is 3. The van der Waals surface area contributed by atoms with E-state index in [1.54, 1.807) is 7.11 Å². The van der Waals surface area contributed by atoms with Gasteiger partial charge < -0.3 is 4.74 Å². The van der Waals surface area contributed by atoms with E-state index < -0.39 is 0 Å². The van der Waals surface area contributed by atoms with E-state index in [9.17, 15) is 5.26 Å². The number of hydrogen-bond acceptors (Lipinski definition) is 2. The molecular formula is C20H14BrNO. The second-order valence-electron chi connectivity index (χ2n) is 5.08. The fraction of sp³-hybridized carbons (Fsp3) is 0.0500. The number of fused-ring (bicyclic) bond motifs is 1. The minimum absolute atomic E-state index is 0.604. The minimum Gasteiger partial charge on any atom is -0.496 e. The van der Waals surface area contributed by atoms with Gasteiger partial charge in [0.15, 0.2) is 0 Å². The number of benzene rings is 3. The monoisotopic (exact) mass is 363 g/mol. The second-order valence-corrected chi connectivity index (χ2v) is 6.00. The van der Waals surface area contributed by atoms with Gasteiger partial charge in [0.2, 0.25) is 0 Å². The minimum atomic E-state index is 0.604. The van der Waals surface area contributed by atoms with Gasteiger partial charge in [0, 0.05) is 10.0 Å². The molecule has 0 fully saturated rings. The van der Waals surface area contributed by atoms with Gasteiger partial charge in [-0.2, -0.15) is 5.26 Å². The highest BCUT2D eigenvalue weighted by Crippen LogP contribution is 2.31. The molecule has 23 heavy (non-hydrogen) atoms. The lowest BCUT2D eigenvalue weighted by atomic mass is 9.99. The van der Waals surface area contributed by atoms with Crippen LogP contribution in [0.15, 0.2) is 65.1 Å². The Balaban J connectivity index is 2.22. The Morgan fingerprint density at radius 1 is 1.04 bits per heavy atom. The maximum Gasteiger partial charge on any atom is 0.126 e. The third kappa shape index (κ3) is 3.13. The summed E-state index contributed by atoms with van der Waals surface area (Å²) in [5, 5.41) is 11.8. The molecule has 3 heteroatoms. The van der Waals surface area contributed by atoms with Crippen molar-refractivity contribution in [3.63, 3.8) is 0 Å². The van der Waals surface area contributed by atoms with Gasteiger partial charge in [-0.15, -0.1) is 0 Å². The molecule has 0 heterocycles. The standard InChI is InChI=1S/C20H14BrNO/c1-23-20-11-8-15-4-2-3-5-18(15)19(20)12-16(13-22)14-6-9-17(21)10-7-14/h2-12H,1H3/b16-12+. The molecule has 3 aromatic carbocycles. The first-order chi connectivity index (χ1) is 11.2. The molecule has 0 N–H and O–H groups in total. The van der Waals surface area contributed by atoms with E-state index in [0.29, 0.717) is 5.57 Å². The van der Waals surface area contributed by atoms with E-state index in [2.05, 4.69) is 28.1 Å². The van der Waals surface area contributed by atoms with E-state index in [1.807, 2.05) is 60.7 Å². The molecule has 0 saturated carbocycles. The van der Waals surface area contributed by atoms with Crippen LogP contribution in [0.5, 0.6) is 5.75 Å². The van der Waals surface area contributed by atoms with Crippen molar-refractivity contribution in [2.24, 2.45) is 0 Å². The number of halogens is 1. The highest BCUT2D eigenvalue weighted by Gasteiger charge is 2.09. The Morgan fingerprint density at radius 3 is 2.48 bits per heavy atom. The topological polar surface area (TPSA) is 33.0 Å². The van der Waals surface area contributed by atoms with Crippen molar-refractivity contribution in [3.8, 4) is 11.8 Å². The smallest absolute Gasteiger partial charge is 0.126 e. The zero-order valence-corrected chi connectivity index (χ0v) is 14.2. The first-order valence-corrected chi connectivity index (χ1v) is 7.95. The molecular weight excluding hydrogens is 350 g/mol. The normalized spacial score (nSPS) is 11.3. The number of ether oxygens (including phenoxy) is 1. The van der Waals surface area contributed by atoms with Gasteiger partial charge in [0.1, 0.15) is 5.75 Å². The van der Waals surface area contributed by atoms with Crippen LogP contribution in [0.25, 0.3) is 22.4 Å². The summed E-state index contributed by atoms with van der Waals surface area (Å²) < 4.78 is 6.48. The summed E-state index contributed by atoms with van der Waals surface area (Å²) in [5.41, 5.74) is 2.41. The van der Waals surface area contributed by atoms with Crippen LogP contribution in [0, 0.1) is 11.3 Å². The van der Waals surface area contributed by atoms with Gasteiger partial charge in [-0.25, -0.2) is 0 Å².